The molecule has 1 aliphatic carbocycles. The van der Waals surface area contributed by atoms with Gasteiger partial charge >= 0.3 is 5.97 Å². The summed E-state index contributed by atoms with van der Waals surface area (Å²) in [5.74, 6) is -0.0184. The molecule has 0 bridgehead atoms. The summed E-state index contributed by atoms with van der Waals surface area (Å²) in [7, 11) is 1.34. The average molecular weight is 271 g/mol. The molecule has 1 aromatic carbocycles. The second-order valence-electron chi connectivity index (χ2n) is 4.53. The van der Waals surface area contributed by atoms with E-state index in [1.807, 2.05) is 0 Å². The number of alkyl halides is 2. The van der Waals surface area contributed by atoms with E-state index in [1.54, 1.807) is 0 Å². The van der Waals surface area contributed by atoms with E-state index in [-0.39, 0.29) is 29.2 Å². The topological polar surface area (TPSA) is 61.5 Å². The summed E-state index contributed by atoms with van der Waals surface area (Å²) >= 11 is 0. The number of methoxy groups -OCH3 is 1. The van der Waals surface area contributed by atoms with Crippen LogP contribution >= 0.6 is 0 Å². The van der Waals surface area contributed by atoms with Gasteiger partial charge in [0.25, 0.3) is 6.43 Å². The van der Waals surface area contributed by atoms with Crippen LogP contribution in [0.1, 0.15) is 24.8 Å². The largest absolute Gasteiger partial charge is 0.488 e. The maximum absolute atomic E-state index is 12.4. The van der Waals surface area contributed by atoms with Crippen LogP contribution in [-0.4, -0.2) is 19.2 Å². The lowest BCUT2D eigenvalue weighted by molar-refractivity contribution is -0.151. The van der Waals surface area contributed by atoms with E-state index in [0.717, 1.165) is 0 Å². The summed E-state index contributed by atoms with van der Waals surface area (Å²) < 4.78 is 35.1. The van der Waals surface area contributed by atoms with Crippen LogP contribution in [0.2, 0.25) is 0 Å². The van der Waals surface area contributed by atoms with Crippen molar-refractivity contribution in [2.45, 2.75) is 25.4 Å². The molecule has 0 amide bonds. The van der Waals surface area contributed by atoms with Crippen LogP contribution in [0.25, 0.3) is 0 Å². The highest BCUT2D eigenvalue weighted by molar-refractivity contribution is 5.73. The van der Waals surface area contributed by atoms with Crippen molar-refractivity contribution >= 4 is 11.7 Å². The van der Waals surface area contributed by atoms with Crippen LogP contribution in [0, 0.1) is 5.92 Å². The van der Waals surface area contributed by atoms with E-state index >= 15 is 0 Å². The molecule has 6 heteroatoms. The van der Waals surface area contributed by atoms with E-state index in [4.69, 9.17) is 10.5 Å². The summed E-state index contributed by atoms with van der Waals surface area (Å²) in [5.41, 5.74) is 5.70. The third kappa shape index (κ3) is 2.94. The molecule has 0 aliphatic heterocycles. The number of halogens is 2. The maximum atomic E-state index is 12.4. The second kappa shape index (κ2) is 5.42. The first kappa shape index (κ1) is 13.6. The van der Waals surface area contributed by atoms with E-state index in [1.165, 1.54) is 25.3 Å². The predicted octanol–water partition coefficient (Wildman–Crippen LogP) is 2.54. The van der Waals surface area contributed by atoms with Gasteiger partial charge in [-0.25, -0.2) is 8.78 Å². The molecule has 0 unspecified atom stereocenters. The molecule has 2 N–H and O–H groups in total. The summed E-state index contributed by atoms with van der Waals surface area (Å²) in [6.45, 7) is 0. The number of hydrogen-bond acceptors (Lipinski definition) is 4. The van der Waals surface area contributed by atoms with Gasteiger partial charge in [0.2, 0.25) is 0 Å². The smallest absolute Gasteiger partial charge is 0.308 e. The Morgan fingerprint density at radius 2 is 2.11 bits per heavy atom. The molecular formula is C13H15F2NO3. The minimum Gasteiger partial charge on any atom is -0.488 e. The summed E-state index contributed by atoms with van der Waals surface area (Å²) in [6, 6.07) is 3.92. The number of hydrogen-bond donors (Lipinski definition) is 1. The minimum absolute atomic E-state index is 0.121. The first-order valence-corrected chi connectivity index (χ1v) is 5.93. The van der Waals surface area contributed by atoms with Gasteiger partial charge in [0.1, 0.15) is 11.9 Å². The molecule has 1 fully saturated rings. The van der Waals surface area contributed by atoms with Crippen molar-refractivity contribution in [2.24, 2.45) is 5.92 Å². The van der Waals surface area contributed by atoms with Gasteiger partial charge in [-0.3, -0.25) is 4.79 Å². The van der Waals surface area contributed by atoms with Gasteiger partial charge in [-0.1, -0.05) is 0 Å². The van der Waals surface area contributed by atoms with E-state index < -0.39 is 6.43 Å². The normalized spacial score (nSPS) is 21.9. The van der Waals surface area contributed by atoms with Gasteiger partial charge in [0, 0.05) is 5.56 Å². The first-order chi connectivity index (χ1) is 9.01. The summed E-state index contributed by atoms with van der Waals surface area (Å²) in [6.07, 6.45) is -1.56. The molecule has 0 heterocycles. The standard InChI is InChI=1S/C13H15F2NO3/c1-18-13(17)8-4-9(5-8)19-11-3-2-7(12(14)15)6-10(11)16/h2-3,6,8-9,12H,4-5,16H2,1H3. The number of anilines is 1. The molecular weight excluding hydrogens is 256 g/mol. The van der Waals surface area contributed by atoms with Crippen LogP contribution in [0.5, 0.6) is 5.75 Å². The molecule has 0 saturated heterocycles. The Hall–Kier alpha value is -1.85. The molecule has 104 valence electrons. The van der Waals surface area contributed by atoms with Crippen LogP contribution in [-0.2, 0) is 9.53 Å². The monoisotopic (exact) mass is 271 g/mol. The SMILES string of the molecule is COC(=O)C1CC(Oc2ccc(C(F)F)cc2N)C1. The predicted molar refractivity (Wildman–Crippen MR) is 65.0 cm³/mol. The van der Waals surface area contributed by atoms with Crippen molar-refractivity contribution < 1.29 is 23.0 Å². The van der Waals surface area contributed by atoms with Gasteiger partial charge in [-0.2, -0.15) is 0 Å². The molecule has 1 aliphatic rings. The zero-order valence-electron chi connectivity index (χ0n) is 10.4. The Kier molecular flexibility index (Phi) is 3.87. The van der Waals surface area contributed by atoms with E-state index in [2.05, 4.69) is 4.74 Å². The van der Waals surface area contributed by atoms with E-state index in [0.29, 0.717) is 18.6 Å². The average Bonchev–Trinajstić information content (AvgIpc) is 2.33. The number of carbonyl (C=O) groups is 1. The Labute approximate surface area is 109 Å². The van der Waals surface area contributed by atoms with Crippen LogP contribution in [0.4, 0.5) is 14.5 Å². The highest BCUT2D eigenvalue weighted by Crippen LogP contribution is 2.35. The van der Waals surface area contributed by atoms with Gasteiger partial charge < -0.3 is 15.2 Å². The lowest BCUT2D eigenvalue weighted by Gasteiger charge is -2.33. The Balaban J connectivity index is 1.93. The molecule has 1 saturated carbocycles. The molecule has 1 aromatic rings. The molecule has 2 rings (SSSR count). The number of nitrogens with two attached hydrogens (primary N) is 1. The summed E-state index contributed by atoms with van der Waals surface area (Å²) in [5, 5.41) is 0. The van der Waals surface area contributed by atoms with Crippen molar-refractivity contribution in [3.63, 3.8) is 0 Å². The van der Waals surface area contributed by atoms with E-state index in [9.17, 15) is 13.6 Å². The van der Waals surface area contributed by atoms with Crippen LogP contribution in [0.3, 0.4) is 0 Å². The number of benzene rings is 1. The van der Waals surface area contributed by atoms with Crippen molar-refractivity contribution in [2.75, 3.05) is 12.8 Å². The molecule has 0 atom stereocenters. The minimum atomic E-state index is -2.55. The number of ether oxygens (including phenoxy) is 2. The molecule has 0 spiro atoms. The van der Waals surface area contributed by atoms with Crippen molar-refractivity contribution in [1.82, 2.24) is 0 Å². The van der Waals surface area contributed by atoms with Crippen LogP contribution < -0.4 is 10.5 Å². The molecule has 0 radical (unpaired) electrons. The van der Waals surface area contributed by atoms with Gasteiger partial charge in [-0.05, 0) is 31.0 Å². The number of nitrogen functional groups attached to an aromatic ring is 1. The number of carbonyl (C=O) groups excluding carboxylic acids is 1. The Bertz CT molecular complexity index is 473. The zero-order chi connectivity index (χ0) is 14.0. The lowest BCUT2D eigenvalue weighted by Crippen LogP contribution is -2.38. The second-order valence-corrected chi connectivity index (χ2v) is 4.53. The van der Waals surface area contributed by atoms with Crippen molar-refractivity contribution in [3.8, 4) is 5.75 Å². The quantitative estimate of drug-likeness (QED) is 0.675. The lowest BCUT2D eigenvalue weighted by atomic mass is 9.82. The highest BCUT2D eigenvalue weighted by Gasteiger charge is 2.37. The molecule has 0 aromatic heterocycles. The summed E-state index contributed by atoms with van der Waals surface area (Å²) in [4.78, 5) is 11.2. The fourth-order valence-corrected chi connectivity index (χ4v) is 2.01. The molecule has 19 heavy (non-hydrogen) atoms. The maximum Gasteiger partial charge on any atom is 0.308 e. The van der Waals surface area contributed by atoms with Crippen molar-refractivity contribution in [3.05, 3.63) is 23.8 Å². The van der Waals surface area contributed by atoms with Crippen molar-refractivity contribution in [1.29, 1.82) is 0 Å². The Morgan fingerprint density at radius 1 is 1.42 bits per heavy atom. The highest BCUT2D eigenvalue weighted by atomic mass is 19.3. The third-order valence-electron chi connectivity index (χ3n) is 3.21. The fraction of sp³-hybridized carbons (Fsp3) is 0.462. The van der Waals surface area contributed by atoms with Gasteiger partial charge in [-0.15, -0.1) is 0 Å². The first-order valence-electron chi connectivity index (χ1n) is 5.93. The Morgan fingerprint density at radius 3 is 2.63 bits per heavy atom. The van der Waals surface area contributed by atoms with Crippen LogP contribution in [0.15, 0.2) is 18.2 Å². The number of rotatable bonds is 4. The fourth-order valence-electron chi connectivity index (χ4n) is 2.01. The zero-order valence-corrected chi connectivity index (χ0v) is 10.4. The van der Waals surface area contributed by atoms with Gasteiger partial charge in [0.15, 0.2) is 0 Å². The molecule has 4 nitrogen and oxygen atoms in total. The third-order valence-corrected chi connectivity index (χ3v) is 3.21. The number of esters is 1. The van der Waals surface area contributed by atoms with Gasteiger partial charge in [0.05, 0.1) is 18.7 Å².